The number of amides is 2. The number of benzene rings is 1. The number of fused-ring (bicyclic) bond motifs is 2. The minimum atomic E-state index is -0.665. The number of halogens is 1. The van der Waals surface area contributed by atoms with Gasteiger partial charge in [0.1, 0.15) is 5.82 Å². The summed E-state index contributed by atoms with van der Waals surface area (Å²) in [5.74, 6) is 0.499. The van der Waals surface area contributed by atoms with E-state index in [9.17, 15) is 14.3 Å². The van der Waals surface area contributed by atoms with Crippen molar-refractivity contribution in [1.29, 1.82) is 0 Å². The molecule has 3 heterocycles. The Morgan fingerprint density at radius 2 is 1.59 bits per heavy atom. The summed E-state index contributed by atoms with van der Waals surface area (Å²) in [6, 6.07) is 7.69. The highest BCUT2D eigenvalue weighted by Gasteiger charge is 2.45. The van der Waals surface area contributed by atoms with Gasteiger partial charge in [0.15, 0.2) is 0 Å². The SMILES string of the molecule is CC(C)(O)C1CCN(C(=O)N2C3CCC2CC(c2ccc(F)cc2)C3)CC1. The predicted molar refractivity (Wildman–Crippen MR) is 103 cm³/mol. The second kappa shape index (κ2) is 7.08. The van der Waals surface area contributed by atoms with Crippen molar-refractivity contribution in [2.24, 2.45) is 5.92 Å². The van der Waals surface area contributed by atoms with Crippen LogP contribution in [-0.4, -0.2) is 51.7 Å². The minimum Gasteiger partial charge on any atom is -0.390 e. The molecule has 4 rings (SSSR count). The van der Waals surface area contributed by atoms with Crippen molar-refractivity contribution < 1.29 is 14.3 Å². The summed E-state index contributed by atoms with van der Waals surface area (Å²) in [5, 5.41) is 10.2. The Morgan fingerprint density at radius 1 is 1.04 bits per heavy atom. The number of nitrogens with zero attached hydrogens (tertiary/aromatic N) is 2. The fraction of sp³-hybridized carbons (Fsp3) is 0.682. The topological polar surface area (TPSA) is 43.8 Å². The maximum absolute atomic E-state index is 13.2. The molecule has 0 spiro atoms. The van der Waals surface area contributed by atoms with Gasteiger partial charge in [-0.05, 0) is 81.9 Å². The maximum atomic E-state index is 13.2. The van der Waals surface area contributed by atoms with Gasteiger partial charge in [0.05, 0.1) is 5.60 Å². The van der Waals surface area contributed by atoms with E-state index in [0.717, 1.165) is 51.6 Å². The summed E-state index contributed by atoms with van der Waals surface area (Å²) in [4.78, 5) is 17.3. The van der Waals surface area contributed by atoms with Gasteiger partial charge < -0.3 is 14.9 Å². The number of piperidine rings is 2. The molecule has 3 fully saturated rings. The van der Waals surface area contributed by atoms with Crippen LogP contribution in [0, 0.1) is 11.7 Å². The molecular formula is C22H31FN2O2. The Morgan fingerprint density at radius 3 is 2.11 bits per heavy atom. The number of hydrogen-bond acceptors (Lipinski definition) is 2. The van der Waals surface area contributed by atoms with Crippen LogP contribution in [0.4, 0.5) is 9.18 Å². The minimum absolute atomic E-state index is 0.189. The molecule has 1 aromatic rings. The van der Waals surface area contributed by atoms with Crippen LogP contribution in [-0.2, 0) is 0 Å². The molecule has 3 aliphatic rings. The van der Waals surface area contributed by atoms with E-state index in [2.05, 4.69) is 4.90 Å². The van der Waals surface area contributed by atoms with Crippen molar-refractivity contribution in [2.75, 3.05) is 13.1 Å². The Hall–Kier alpha value is -1.62. The first-order valence-corrected chi connectivity index (χ1v) is 10.4. The molecule has 2 bridgehead atoms. The lowest BCUT2D eigenvalue weighted by Crippen LogP contribution is -2.54. The fourth-order valence-corrected chi connectivity index (χ4v) is 5.44. The highest BCUT2D eigenvalue weighted by molar-refractivity contribution is 5.76. The van der Waals surface area contributed by atoms with Gasteiger partial charge in [-0.25, -0.2) is 9.18 Å². The van der Waals surface area contributed by atoms with E-state index in [0.29, 0.717) is 18.0 Å². The molecular weight excluding hydrogens is 343 g/mol. The van der Waals surface area contributed by atoms with Gasteiger partial charge in [-0.2, -0.15) is 0 Å². The Balaban J connectivity index is 1.40. The van der Waals surface area contributed by atoms with Crippen LogP contribution in [0.15, 0.2) is 24.3 Å². The van der Waals surface area contributed by atoms with Gasteiger partial charge in [-0.3, -0.25) is 0 Å². The zero-order chi connectivity index (χ0) is 19.2. The number of urea groups is 1. The summed E-state index contributed by atoms with van der Waals surface area (Å²) in [6.07, 6.45) is 5.86. The lowest BCUT2D eigenvalue weighted by atomic mass is 9.83. The molecule has 3 aliphatic heterocycles. The van der Waals surface area contributed by atoms with Crippen LogP contribution in [0.25, 0.3) is 0 Å². The van der Waals surface area contributed by atoms with E-state index in [1.165, 1.54) is 5.56 Å². The van der Waals surface area contributed by atoms with Gasteiger partial charge >= 0.3 is 6.03 Å². The van der Waals surface area contributed by atoms with E-state index >= 15 is 0 Å². The standard InChI is InChI=1S/C22H31FN2O2/c1-22(2,27)17-9-11-24(12-10-17)21(26)25-19-7-8-20(25)14-16(13-19)15-3-5-18(23)6-4-15/h3-6,16-17,19-20,27H,7-14H2,1-2H3. The highest BCUT2D eigenvalue weighted by atomic mass is 19.1. The average molecular weight is 375 g/mol. The molecule has 0 saturated carbocycles. The molecule has 27 heavy (non-hydrogen) atoms. The summed E-state index contributed by atoms with van der Waals surface area (Å²) >= 11 is 0. The molecule has 2 atom stereocenters. The maximum Gasteiger partial charge on any atom is 0.320 e. The van der Waals surface area contributed by atoms with Crippen molar-refractivity contribution in [3.63, 3.8) is 0 Å². The zero-order valence-corrected chi connectivity index (χ0v) is 16.4. The molecule has 2 unspecified atom stereocenters. The second-order valence-electron chi connectivity index (χ2n) is 9.21. The summed E-state index contributed by atoms with van der Waals surface area (Å²) < 4.78 is 13.2. The highest BCUT2D eigenvalue weighted by Crippen LogP contribution is 2.44. The van der Waals surface area contributed by atoms with Crippen molar-refractivity contribution in [2.45, 2.75) is 76.0 Å². The lowest BCUT2D eigenvalue weighted by molar-refractivity contribution is -0.0112. The summed E-state index contributed by atoms with van der Waals surface area (Å²) in [7, 11) is 0. The number of carbonyl (C=O) groups is 1. The number of likely N-dealkylation sites (tertiary alicyclic amines) is 1. The molecule has 3 saturated heterocycles. The Labute approximate surface area is 161 Å². The van der Waals surface area contributed by atoms with E-state index in [1.54, 1.807) is 12.1 Å². The summed E-state index contributed by atoms with van der Waals surface area (Å²) in [6.45, 7) is 5.22. The fourth-order valence-electron chi connectivity index (χ4n) is 5.44. The lowest BCUT2D eigenvalue weighted by Gasteiger charge is -2.44. The third-order valence-corrected chi connectivity index (χ3v) is 7.06. The molecule has 0 radical (unpaired) electrons. The number of aliphatic hydroxyl groups is 1. The van der Waals surface area contributed by atoms with E-state index in [-0.39, 0.29) is 17.8 Å². The number of rotatable bonds is 2. The van der Waals surface area contributed by atoms with Crippen molar-refractivity contribution in [3.8, 4) is 0 Å². The van der Waals surface area contributed by atoms with Gasteiger partial charge in [0, 0.05) is 25.2 Å². The summed E-state index contributed by atoms with van der Waals surface area (Å²) in [5.41, 5.74) is 0.535. The number of hydrogen-bond donors (Lipinski definition) is 1. The first-order valence-electron chi connectivity index (χ1n) is 10.4. The first-order chi connectivity index (χ1) is 12.8. The van der Waals surface area contributed by atoms with Crippen LogP contribution in [0.2, 0.25) is 0 Å². The van der Waals surface area contributed by atoms with Crippen molar-refractivity contribution in [3.05, 3.63) is 35.6 Å². The van der Waals surface area contributed by atoms with Crippen molar-refractivity contribution in [1.82, 2.24) is 9.80 Å². The molecule has 4 nitrogen and oxygen atoms in total. The largest absolute Gasteiger partial charge is 0.390 e. The predicted octanol–water partition coefficient (Wildman–Crippen LogP) is 4.14. The molecule has 5 heteroatoms. The van der Waals surface area contributed by atoms with Crippen LogP contribution >= 0.6 is 0 Å². The van der Waals surface area contributed by atoms with Crippen LogP contribution in [0.1, 0.15) is 63.9 Å². The van der Waals surface area contributed by atoms with Crippen LogP contribution < -0.4 is 0 Å². The van der Waals surface area contributed by atoms with E-state index < -0.39 is 5.60 Å². The van der Waals surface area contributed by atoms with Gasteiger partial charge in [-0.15, -0.1) is 0 Å². The van der Waals surface area contributed by atoms with Gasteiger partial charge in [0.2, 0.25) is 0 Å². The quantitative estimate of drug-likeness (QED) is 0.845. The molecule has 1 aromatic carbocycles. The molecule has 148 valence electrons. The molecule has 1 N–H and O–H groups in total. The monoisotopic (exact) mass is 374 g/mol. The van der Waals surface area contributed by atoms with Gasteiger partial charge in [0.25, 0.3) is 0 Å². The Bertz CT molecular complexity index is 663. The zero-order valence-electron chi connectivity index (χ0n) is 16.4. The van der Waals surface area contributed by atoms with Crippen LogP contribution in [0.3, 0.4) is 0 Å². The normalized spacial score (nSPS) is 29.3. The van der Waals surface area contributed by atoms with Crippen LogP contribution in [0.5, 0.6) is 0 Å². The third-order valence-electron chi connectivity index (χ3n) is 7.06. The first kappa shape index (κ1) is 18.7. The second-order valence-corrected chi connectivity index (χ2v) is 9.21. The molecule has 2 amide bonds. The van der Waals surface area contributed by atoms with E-state index in [1.807, 2.05) is 30.9 Å². The molecule has 0 aliphatic carbocycles. The number of carbonyl (C=O) groups excluding carboxylic acids is 1. The van der Waals surface area contributed by atoms with E-state index in [4.69, 9.17) is 0 Å². The van der Waals surface area contributed by atoms with Gasteiger partial charge in [-0.1, -0.05) is 12.1 Å². The molecule has 0 aromatic heterocycles. The Kier molecular flexibility index (Phi) is 4.91. The third kappa shape index (κ3) is 3.71. The average Bonchev–Trinajstić information content (AvgIpc) is 2.90. The van der Waals surface area contributed by atoms with Crippen molar-refractivity contribution >= 4 is 6.03 Å². The smallest absolute Gasteiger partial charge is 0.320 e.